The molecule has 22 heavy (non-hydrogen) atoms. The molecule has 5 nitrogen and oxygen atoms in total. The van der Waals surface area contributed by atoms with E-state index in [9.17, 15) is 4.79 Å². The molecular formula is C16H27NO4P+. The fourth-order valence-corrected chi connectivity index (χ4v) is 2.57. The van der Waals surface area contributed by atoms with Gasteiger partial charge in [-0.05, 0) is 24.0 Å². The number of nitrogens with one attached hydrogen (secondary N) is 1. The van der Waals surface area contributed by atoms with Crippen molar-refractivity contribution in [2.24, 2.45) is 0 Å². The molecule has 0 fully saturated rings. The van der Waals surface area contributed by atoms with Crippen LogP contribution in [-0.4, -0.2) is 26.7 Å². The number of rotatable bonds is 11. The van der Waals surface area contributed by atoms with Crippen LogP contribution in [0.4, 0.5) is 0 Å². The average Bonchev–Trinajstić information content (AvgIpc) is 2.48. The molecule has 0 heterocycles. The van der Waals surface area contributed by atoms with Crippen molar-refractivity contribution in [1.82, 2.24) is 5.32 Å². The highest BCUT2D eigenvalue weighted by atomic mass is 31.2. The van der Waals surface area contributed by atoms with Crippen molar-refractivity contribution in [3.05, 3.63) is 35.4 Å². The van der Waals surface area contributed by atoms with Crippen molar-refractivity contribution in [2.45, 2.75) is 52.0 Å². The number of aryl methyl sites for hydroxylation is 1. The summed E-state index contributed by atoms with van der Waals surface area (Å²) in [6.07, 6.45) is 6.06. The first-order valence-corrected chi connectivity index (χ1v) is 9.47. The summed E-state index contributed by atoms with van der Waals surface area (Å²) >= 11 is 0. The first kappa shape index (κ1) is 19.2. The fraction of sp³-hybridized carbons (Fsp3) is 0.562. The van der Waals surface area contributed by atoms with Crippen LogP contribution in [0.2, 0.25) is 0 Å². The van der Waals surface area contributed by atoms with Crippen LogP contribution < -0.4 is 5.32 Å². The molecule has 124 valence electrons. The smallest absolute Gasteiger partial charge is 0.312 e. The van der Waals surface area contributed by atoms with E-state index >= 15 is 0 Å². The Balaban J connectivity index is 2.23. The Morgan fingerprint density at radius 1 is 1.05 bits per heavy atom. The predicted molar refractivity (Wildman–Crippen MR) is 89.2 cm³/mol. The molecule has 1 aromatic rings. The molecule has 0 atom stereocenters. The van der Waals surface area contributed by atoms with Crippen LogP contribution in [0, 0.1) is 0 Å². The summed E-state index contributed by atoms with van der Waals surface area (Å²) in [4.78, 5) is 37.5. The second-order valence-electron chi connectivity index (χ2n) is 5.52. The van der Waals surface area contributed by atoms with E-state index in [0.29, 0.717) is 13.1 Å². The van der Waals surface area contributed by atoms with Crippen molar-refractivity contribution in [1.29, 1.82) is 0 Å². The number of benzene rings is 1. The minimum atomic E-state index is -4.32. The van der Waals surface area contributed by atoms with Gasteiger partial charge in [0.05, 0.1) is 6.42 Å². The Hall–Kier alpha value is -0.840. The van der Waals surface area contributed by atoms with E-state index in [1.54, 1.807) is 0 Å². The van der Waals surface area contributed by atoms with Gasteiger partial charge in [-0.15, -0.1) is 0 Å². The predicted octanol–water partition coefficient (Wildman–Crippen LogP) is 2.56. The van der Waals surface area contributed by atoms with Crippen LogP contribution in [0.5, 0.6) is 0 Å². The van der Waals surface area contributed by atoms with Gasteiger partial charge in [0.25, 0.3) is 0 Å². The van der Waals surface area contributed by atoms with Gasteiger partial charge in [-0.1, -0.05) is 50.5 Å². The van der Waals surface area contributed by atoms with Crippen LogP contribution in [0.25, 0.3) is 0 Å². The summed E-state index contributed by atoms with van der Waals surface area (Å²) in [5, 5.41) is 3.05. The lowest BCUT2D eigenvalue weighted by Gasteiger charge is -2.06. The number of hydrogen-bond acceptors (Lipinski definition) is 5. The molecule has 1 aromatic carbocycles. The SMILES string of the molecule is CCCCCCc1ccc(CNCCC(=O)[P+](O)(O)O)cc1. The van der Waals surface area contributed by atoms with Gasteiger partial charge in [-0.2, -0.15) is 14.7 Å². The third kappa shape index (κ3) is 7.97. The van der Waals surface area contributed by atoms with Crippen LogP contribution in [0.1, 0.15) is 50.2 Å². The van der Waals surface area contributed by atoms with Crippen LogP contribution in [-0.2, 0) is 17.8 Å². The highest BCUT2D eigenvalue weighted by Crippen LogP contribution is 2.46. The van der Waals surface area contributed by atoms with Gasteiger partial charge in [0, 0.05) is 13.1 Å². The molecule has 0 aliphatic rings. The molecular weight excluding hydrogens is 301 g/mol. The minimum absolute atomic E-state index is 0.0905. The maximum Gasteiger partial charge on any atom is 0.478 e. The topological polar surface area (TPSA) is 89.8 Å². The molecule has 0 aliphatic carbocycles. The van der Waals surface area contributed by atoms with E-state index in [1.165, 1.54) is 31.2 Å². The highest BCUT2D eigenvalue weighted by molar-refractivity contribution is 7.76. The number of carbonyl (C=O) groups excluding carboxylic acids is 1. The molecule has 6 heteroatoms. The largest absolute Gasteiger partial charge is 0.478 e. The summed E-state index contributed by atoms with van der Waals surface area (Å²) in [6.45, 7) is 3.12. The first-order valence-electron chi connectivity index (χ1n) is 7.82. The van der Waals surface area contributed by atoms with E-state index < -0.39 is 13.5 Å². The lowest BCUT2D eigenvalue weighted by atomic mass is 10.0. The Morgan fingerprint density at radius 3 is 2.27 bits per heavy atom. The normalized spacial score (nSPS) is 11.6. The Bertz CT molecular complexity index is 442. The van der Waals surface area contributed by atoms with E-state index in [2.05, 4.69) is 36.5 Å². The van der Waals surface area contributed by atoms with Gasteiger partial charge in [-0.25, -0.2) is 4.79 Å². The van der Waals surface area contributed by atoms with Crippen molar-refractivity contribution < 1.29 is 19.5 Å². The Morgan fingerprint density at radius 2 is 1.68 bits per heavy atom. The molecule has 4 N–H and O–H groups in total. The maximum absolute atomic E-state index is 11.1. The molecule has 0 aliphatic heterocycles. The monoisotopic (exact) mass is 328 g/mol. The zero-order chi connectivity index (χ0) is 16.4. The summed E-state index contributed by atoms with van der Waals surface area (Å²) in [7, 11) is -4.32. The quantitative estimate of drug-likeness (QED) is 0.370. The van der Waals surface area contributed by atoms with Gasteiger partial charge < -0.3 is 5.32 Å². The fourth-order valence-electron chi connectivity index (χ4n) is 2.16. The lowest BCUT2D eigenvalue weighted by molar-refractivity contribution is -0.114. The molecule has 0 bridgehead atoms. The third-order valence-corrected chi connectivity index (χ3v) is 4.41. The van der Waals surface area contributed by atoms with Crippen molar-refractivity contribution in [3.8, 4) is 0 Å². The molecule has 1 rings (SSSR count). The standard InChI is InChI=1S/C16H27NO4P/c1-2-3-4-5-6-14-7-9-15(10-8-14)13-17-12-11-16(18)22(19,20)21/h7-10,17,19-21H,2-6,11-13H2,1H3/q+1. The van der Waals surface area contributed by atoms with Crippen LogP contribution in [0.3, 0.4) is 0 Å². The van der Waals surface area contributed by atoms with E-state index in [0.717, 1.165) is 12.0 Å². The highest BCUT2D eigenvalue weighted by Gasteiger charge is 2.41. The van der Waals surface area contributed by atoms with Gasteiger partial charge in [0.1, 0.15) is 0 Å². The van der Waals surface area contributed by atoms with E-state index in [-0.39, 0.29) is 6.42 Å². The van der Waals surface area contributed by atoms with Crippen LogP contribution in [0.15, 0.2) is 24.3 Å². The van der Waals surface area contributed by atoms with E-state index in [4.69, 9.17) is 14.7 Å². The molecule has 0 aromatic heterocycles. The zero-order valence-electron chi connectivity index (χ0n) is 13.2. The van der Waals surface area contributed by atoms with Gasteiger partial charge >= 0.3 is 13.5 Å². The Kier molecular flexibility index (Phi) is 8.76. The number of unbranched alkanes of at least 4 members (excludes halogenated alkanes) is 3. The second-order valence-corrected chi connectivity index (χ2v) is 7.15. The second kappa shape index (κ2) is 10.0. The third-order valence-electron chi connectivity index (χ3n) is 3.52. The maximum atomic E-state index is 11.1. The van der Waals surface area contributed by atoms with Crippen molar-refractivity contribution >= 4 is 13.5 Å². The summed E-state index contributed by atoms with van der Waals surface area (Å²) in [5.74, 6) is 0. The summed E-state index contributed by atoms with van der Waals surface area (Å²) in [5.41, 5.74) is 1.55. The number of hydrogen-bond donors (Lipinski definition) is 4. The molecule has 0 radical (unpaired) electrons. The Labute approximate surface area is 133 Å². The molecule has 0 saturated carbocycles. The molecule has 0 amide bonds. The average molecular weight is 328 g/mol. The van der Waals surface area contributed by atoms with Crippen molar-refractivity contribution in [2.75, 3.05) is 6.54 Å². The summed E-state index contributed by atoms with van der Waals surface area (Å²) in [6, 6.07) is 8.37. The lowest BCUT2D eigenvalue weighted by Crippen LogP contribution is -2.19. The molecule has 0 saturated heterocycles. The van der Waals surface area contributed by atoms with Crippen molar-refractivity contribution in [3.63, 3.8) is 0 Å². The molecule has 0 spiro atoms. The van der Waals surface area contributed by atoms with Crippen LogP contribution >= 0.6 is 7.94 Å². The minimum Gasteiger partial charge on any atom is -0.312 e. The van der Waals surface area contributed by atoms with Gasteiger partial charge in [0.15, 0.2) is 0 Å². The summed E-state index contributed by atoms with van der Waals surface area (Å²) < 4.78 is 0. The number of carbonyl (C=O) groups is 1. The zero-order valence-corrected chi connectivity index (χ0v) is 14.1. The molecule has 0 unspecified atom stereocenters. The van der Waals surface area contributed by atoms with Gasteiger partial charge in [0.2, 0.25) is 0 Å². The first-order chi connectivity index (χ1) is 10.4. The van der Waals surface area contributed by atoms with Gasteiger partial charge in [-0.3, -0.25) is 0 Å². The van der Waals surface area contributed by atoms with E-state index in [1.807, 2.05) is 0 Å².